The van der Waals surface area contributed by atoms with Gasteiger partial charge in [-0.1, -0.05) is 0 Å². The van der Waals surface area contributed by atoms with E-state index < -0.39 is 10.0 Å². The molecule has 0 saturated carbocycles. The molecule has 1 atom stereocenters. The minimum absolute atomic E-state index is 0.0322. The van der Waals surface area contributed by atoms with Crippen LogP contribution in [0.1, 0.15) is 29.8 Å². The van der Waals surface area contributed by atoms with Crippen molar-refractivity contribution in [1.82, 2.24) is 14.9 Å². The molecule has 2 heterocycles. The van der Waals surface area contributed by atoms with Gasteiger partial charge >= 0.3 is 0 Å². The molecule has 1 aromatic carbocycles. The Bertz CT molecular complexity index is 865. The SMILES string of the molecule is Cc1cc2nc(CCC(=O)N3CC[C@@H](CS(N)(=O)=O)C3)[nH]c2cc1C. The van der Waals surface area contributed by atoms with E-state index >= 15 is 0 Å². The fourth-order valence-electron chi connectivity index (χ4n) is 3.35. The van der Waals surface area contributed by atoms with E-state index in [0.29, 0.717) is 32.4 Å². The first-order valence-electron chi connectivity index (χ1n) is 8.45. The molecule has 1 amide bonds. The summed E-state index contributed by atoms with van der Waals surface area (Å²) < 4.78 is 22.3. The van der Waals surface area contributed by atoms with Gasteiger partial charge < -0.3 is 9.88 Å². The number of hydrogen-bond acceptors (Lipinski definition) is 4. The number of nitrogens with zero attached hydrogens (tertiary/aromatic N) is 2. The van der Waals surface area contributed by atoms with Crippen molar-refractivity contribution in [3.05, 3.63) is 29.1 Å². The number of likely N-dealkylation sites (tertiary alicyclic amines) is 1. The van der Waals surface area contributed by atoms with Crippen LogP contribution in [0.3, 0.4) is 0 Å². The van der Waals surface area contributed by atoms with Crippen LogP contribution in [0.2, 0.25) is 0 Å². The minimum atomic E-state index is -3.49. The maximum atomic E-state index is 12.4. The van der Waals surface area contributed by atoms with Crippen LogP contribution in [0.4, 0.5) is 0 Å². The van der Waals surface area contributed by atoms with Crippen molar-refractivity contribution in [2.75, 3.05) is 18.8 Å². The smallest absolute Gasteiger partial charge is 0.223 e. The molecule has 1 aromatic heterocycles. The average Bonchev–Trinajstić information content (AvgIpc) is 3.10. The molecule has 1 saturated heterocycles. The second-order valence-electron chi connectivity index (χ2n) is 6.96. The highest BCUT2D eigenvalue weighted by atomic mass is 32.2. The zero-order valence-corrected chi connectivity index (χ0v) is 15.4. The van der Waals surface area contributed by atoms with Crippen molar-refractivity contribution in [2.24, 2.45) is 11.1 Å². The summed E-state index contributed by atoms with van der Waals surface area (Å²) in [5.74, 6) is 0.716. The van der Waals surface area contributed by atoms with Gasteiger partial charge in [-0.2, -0.15) is 0 Å². The van der Waals surface area contributed by atoms with Crippen LogP contribution >= 0.6 is 0 Å². The lowest BCUT2D eigenvalue weighted by atomic mass is 10.1. The standard InChI is InChI=1S/C17H24N4O3S/c1-11-7-14-15(8-12(11)2)20-16(19-14)3-4-17(22)21-6-5-13(9-21)10-25(18,23)24/h7-8,13H,3-6,9-10H2,1-2H3,(H,19,20)(H2,18,23,24)/t13-/m1/s1. The minimum Gasteiger partial charge on any atom is -0.342 e. The molecule has 0 unspecified atom stereocenters. The van der Waals surface area contributed by atoms with Gasteiger partial charge in [0.05, 0.1) is 16.8 Å². The number of hydrogen-bond donors (Lipinski definition) is 2. The Morgan fingerprint density at radius 2 is 2.08 bits per heavy atom. The molecule has 136 valence electrons. The summed E-state index contributed by atoms with van der Waals surface area (Å²) in [4.78, 5) is 21.9. The number of fused-ring (bicyclic) bond motifs is 1. The van der Waals surface area contributed by atoms with Gasteiger partial charge in [0.15, 0.2) is 0 Å². The van der Waals surface area contributed by atoms with E-state index in [4.69, 9.17) is 5.14 Å². The number of aromatic amines is 1. The molecule has 1 fully saturated rings. The molecule has 0 aliphatic carbocycles. The number of rotatable bonds is 5. The van der Waals surface area contributed by atoms with Crippen LogP contribution in [0, 0.1) is 19.8 Å². The van der Waals surface area contributed by atoms with E-state index in [9.17, 15) is 13.2 Å². The number of aromatic nitrogens is 2. The van der Waals surface area contributed by atoms with Crippen molar-refractivity contribution in [1.29, 1.82) is 0 Å². The Morgan fingerprint density at radius 3 is 2.80 bits per heavy atom. The summed E-state index contributed by atoms with van der Waals surface area (Å²) in [6, 6.07) is 4.12. The number of H-pyrrole nitrogens is 1. The van der Waals surface area contributed by atoms with Gasteiger partial charge in [0.2, 0.25) is 15.9 Å². The lowest BCUT2D eigenvalue weighted by molar-refractivity contribution is -0.130. The topological polar surface area (TPSA) is 109 Å². The Kier molecular flexibility index (Phi) is 4.83. The number of benzene rings is 1. The van der Waals surface area contributed by atoms with Crippen LogP contribution in [-0.4, -0.2) is 48.0 Å². The first-order valence-corrected chi connectivity index (χ1v) is 10.2. The average molecular weight is 364 g/mol. The van der Waals surface area contributed by atoms with Gasteiger partial charge in [0.1, 0.15) is 5.82 Å². The number of imidazole rings is 1. The predicted molar refractivity (Wildman–Crippen MR) is 96.5 cm³/mol. The highest BCUT2D eigenvalue weighted by Crippen LogP contribution is 2.20. The number of amides is 1. The maximum absolute atomic E-state index is 12.4. The first kappa shape index (κ1) is 17.9. The molecule has 0 bridgehead atoms. The van der Waals surface area contributed by atoms with Crippen molar-refractivity contribution in [2.45, 2.75) is 33.1 Å². The van der Waals surface area contributed by atoms with Gasteiger partial charge in [0, 0.05) is 25.9 Å². The summed E-state index contributed by atoms with van der Waals surface area (Å²) >= 11 is 0. The van der Waals surface area contributed by atoms with Gasteiger partial charge in [-0.05, 0) is 49.4 Å². The van der Waals surface area contributed by atoms with Gasteiger partial charge in [-0.25, -0.2) is 18.5 Å². The zero-order valence-electron chi connectivity index (χ0n) is 14.6. The number of nitrogens with one attached hydrogen (secondary N) is 1. The number of carbonyl (C=O) groups is 1. The van der Waals surface area contributed by atoms with Crippen molar-refractivity contribution < 1.29 is 13.2 Å². The number of primary sulfonamides is 1. The van der Waals surface area contributed by atoms with E-state index in [0.717, 1.165) is 16.9 Å². The van der Waals surface area contributed by atoms with E-state index in [1.165, 1.54) is 11.1 Å². The summed E-state index contributed by atoms with van der Waals surface area (Å²) in [7, 11) is -3.49. The molecule has 0 spiro atoms. The van der Waals surface area contributed by atoms with Gasteiger partial charge in [-0.3, -0.25) is 4.79 Å². The summed E-state index contributed by atoms with van der Waals surface area (Å²) in [6.07, 6.45) is 1.59. The van der Waals surface area contributed by atoms with E-state index in [2.05, 4.69) is 29.9 Å². The molecule has 1 aliphatic heterocycles. The summed E-state index contributed by atoms with van der Waals surface area (Å²) in [5.41, 5.74) is 4.30. The molecule has 1 aliphatic rings. The van der Waals surface area contributed by atoms with Gasteiger partial charge in [0.25, 0.3) is 0 Å². The lowest BCUT2D eigenvalue weighted by Crippen LogP contribution is -2.31. The summed E-state index contributed by atoms with van der Waals surface area (Å²) in [5, 5.41) is 5.09. The Hall–Kier alpha value is -1.93. The third-order valence-electron chi connectivity index (χ3n) is 4.83. The first-order chi connectivity index (χ1) is 11.7. The summed E-state index contributed by atoms with van der Waals surface area (Å²) in [6.45, 7) is 5.17. The highest BCUT2D eigenvalue weighted by molar-refractivity contribution is 7.89. The van der Waals surface area contributed by atoms with E-state index in [1.807, 2.05) is 6.07 Å². The Morgan fingerprint density at radius 1 is 1.36 bits per heavy atom. The number of carbonyl (C=O) groups excluding carboxylic acids is 1. The molecule has 7 nitrogen and oxygen atoms in total. The maximum Gasteiger partial charge on any atom is 0.223 e. The molecule has 8 heteroatoms. The number of sulfonamides is 1. The molecule has 3 N–H and O–H groups in total. The van der Waals surface area contributed by atoms with Crippen LogP contribution in [0.5, 0.6) is 0 Å². The van der Waals surface area contributed by atoms with Crippen LogP contribution in [0.25, 0.3) is 11.0 Å². The molecular formula is C17H24N4O3S. The number of nitrogens with two attached hydrogens (primary N) is 1. The fourth-order valence-corrected chi connectivity index (χ4v) is 4.28. The molecular weight excluding hydrogens is 340 g/mol. The second kappa shape index (κ2) is 6.76. The lowest BCUT2D eigenvalue weighted by Gasteiger charge is -2.16. The third kappa shape index (κ3) is 4.38. The quantitative estimate of drug-likeness (QED) is 0.832. The third-order valence-corrected chi connectivity index (χ3v) is 5.76. The normalized spacial score (nSPS) is 18.2. The Labute approximate surface area is 147 Å². The van der Waals surface area contributed by atoms with Crippen molar-refractivity contribution in [3.63, 3.8) is 0 Å². The van der Waals surface area contributed by atoms with Crippen molar-refractivity contribution in [3.8, 4) is 0 Å². The largest absolute Gasteiger partial charge is 0.342 e. The van der Waals surface area contributed by atoms with Gasteiger partial charge in [-0.15, -0.1) is 0 Å². The van der Waals surface area contributed by atoms with E-state index in [1.54, 1.807) is 4.90 Å². The van der Waals surface area contributed by atoms with Crippen molar-refractivity contribution >= 4 is 27.0 Å². The fraction of sp³-hybridized carbons (Fsp3) is 0.529. The second-order valence-corrected chi connectivity index (χ2v) is 8.62. The predicted octanol–water partition coefficient (Wildman–Crippen LogP) is 1.25. The molecule has 25 heavy (non-hydrogen) atoms. The number of aryl methyl sites for hydroxylation is 3. The Balaban J connectivity index is 1.58. The van der Waals surface area contributed by atoms with Crippen LogP contribution in [-0.2, 0) is 21.2 Å². The molecule has 3 rings (SSSR count). The zero-order chi connectivity index (χ0) is 18.2. The van der Waals surface area contributed by atoms with Crippen LogP contribution in [0.15, 0.2) is 12.1 Å². The van der Waals surface area contributed by atoms with E-state index in [-0.39, 0.29) is 17.6 Å². The van der Waals surface area contributed by atoms with Crippen LogP contribution < -0.4 is 5.14 Å². The highest BCUT2D eigenvalue weighted by Gasteiger charge is 2.28. The molecule has 0 radical (unpaired) electrons. The monoisotopic (exact) mass is 364 g/mol. The molecule has 2 aromatic rings.